The number of carbonyl (C=O) groups is 4. The summed E-state index contributed by atoms with van der Waals surface area (Å²) >= 11 is 0. The highest BCUT2D eigenvalue weighted by atomic mass is 28.3. The van der Waals surface area contributed by atoms with Crippen LogP contribution in [0, 0.1) is 5.92 Å². The summed E-state index contributed by atoms with van der Waals surface area (Å²) in [6.45, 7) is 30.7. The third-order valence-electron chi connectivity index (χ3n) is 12.2. The molecule has 4 amide bonds. The predicted octanol–water partition coefficient (Wildman–Crippen LogP) is 8.52. The first-order valence-corrected chi connectivity index (χ1v) is 31.9. The normalized spacial score (nSPS) is 16.3. The number of piperazine rings is 1. The second kappa shape index (κ2) is 23.7. The van der Waals surface area contributed by atoms with E-state index in [1.165, 1.54) is 7.11 Å². The van der Waals surface area contributed by atoms with Crippen LogP contribution in [-0.2, 0) is 43.7 Å². The molecule has 0 radical (unpaired) electrons. The minimum absolute atomic E-state index is 0.140. The van der Waals surface area contributed by atoms with Crippen molar-refractivity contribution < 1.29 is 38.1 Å². The first kappa shape index (κ1) is 54.2. The largest absolute Gasteiger partial charge is 0.453 e. The van der Waals surface area contributed by atoms with Crippen molar-refractivity contribution in [2.24, 2.45) is 5.92 Å². The molecule has 2 aliphatic rings. The molecule has 17 nitrogen and oxygen atoms in total. The van der Waals surface area contributed by atoms with Gasteiger partial charge in [0.25, 0.3) is 5.91 Å². The van der Waals surface area contributed by atoms with Gasteiger partial charge in [-0.2, -0.15) is 0 Å². The number of ether oxygens (including phenoxy) is 4. The quantitative estimate of drug-likeness (QED) is 0.0804. The number of likely N-dealkylation sites (tertiary alicyclic amines) is 1. The zero-order valence-corrected chi connectivity index (χ0v) is 45.4. The average Bonchev–Trinajstić information content (AvgIpc) is 4.03. The van der Waals surface area contributed by atoms with Crippen molar-refractivity contribution in [2.45, 2.75) is 150 Å². The van der Waals surface area contributed by atoms with Crippen LogP contribution in [0.1, 0.15) is 89.0 Å². The van der Waals surface area contributed by atoms with Crippen LogP contribution in [0.5, 0.6) is 0 Å². The molecular formula is C49H81N9O8Si2. The topological polar surface area (TPSA) is 166 Å². The highest BCUT2D eigenvalue weighted by molar-refractivity contribution is 6.76. The van der Waals surface area contributed by atoms with Gasteiger partial charge in [-0.25, -0.2) is 19.6 Å². The molecule has 1 N–H and O–H groups in total. The van der Waals surface area contributed by atoms with Gasteiger partial charge in [-0.15, -0.1) is 0 Å². The molecule has 1 aromatic carbocycles. The summed E-state index contributed by atoms with van der Waals surface area (Å²) in [6, 6.07) is 9.33. The monoisotopic (exact) mass is 980 g/mol. The summed E-state index contributed by atoms with van der Waals surface area (Å²) in [7, 11) is -1.36. The molecular weight excluding hydrogens is 899 g/mol. The standard InChI is InChI=1S/C49H81N9O8Si2/c1-14-21-55(46(60)43(36(2)3)52-47(61)63-7)33-42-50-31-41(58(42)35-65-28-30-68(11,12)13)37-17-19-38(20-18-37)53-23-25-54(26-24-53)45(59)39-32-56(34-64-27-29-67(8,9)10)44(51-39)40-16-15-22-57(40)48(62)66-49(4,5)6/h17-20,31-32,36,40,43H,14-16,21-30,33-35H2,1-13H3,(H,52,61)/t40-,43-/m0/s1. The lowest BCUT2D eigenvalue weighted by Gasteiger charge is -2.36. The van der Waals surface area contributed by atoms with Crippen LogP contribution in [0.3, 0.4) is 0 Å². The van der Waals surface area contributed by atoms with Crippen LogP contribution < -0.4 is 10.2 Å². The molecule has 68 heavy (non-hydrogen) atoms. The average molecular weight is 980 g/mol. The lowest BCUT2D eigenvalue weighted by Crippen LogP contribution is -2.51. The van der Waals surface area contributed by atoms with Gasteiger partial charge in [-0.3, -0.25) is 14.5 Å². The van der Waals surface area contributed by atoms with Gasteiger partial charge in [0.1, 0.15) is 42.4 Å². The Kier molecular flexibility index (Phi) is 18.9. The maximum absolute atomic E-state index is 14.2. The fourth-order valence-corrected chi connectivity index (χ4v) is 9.76. The molecule has 2 aromatic heterocycles. The number of imidazole rings is 2. The molecule has 4 heterocycles. The first-order chi connectivity index (χ1) is 32.0. The Morgan fingerprint density at radius 1 is 0.897 bits per heavy atom. The van der Waals surface area contributed by atoms with Gasteiger partial charge in [0, 0.05) is 80.5 Å². The summed E-state index contributed by atoms with van der Waals surface area (Å²) in [5.74, 6) is 0.850. The van der Waals surface area contributed by atoms with Crippen LogP contribution >= 0.6 is 0 Å². The van der Waals surface area contributed by atoms with Crippen molar-refractivity contribution >= 4 is 45.8 Å². The molecule has 0 saturated carbocycles. The van der Waals surface area contributed by atoms with Gasteiger partial charge >= 0.3 is 12.2 Å². The van der Waals surface area contributed by atoms with E-state index >= 15 is 0 Å². The number of aromatic nitrogens is 4. The Balaban J connectivity index is 1.31. The number of nitrogens with one attached hydrogen (secondary N) is 1. The van der Waals surface area contributed by atoms with Crippen molar-refractivity contribution in [2.75, 3.05) is 64.5 Å². The molecule has 2 fully saturated rings. The van der Waals surface area contributed by atoms with Gasteiger partial charge < -0.3 is 48.1 Å². The number of benzene rings is 1. The minimum Gasteiger partial charge on any atom is -0.453 e. The van der Waals surface area contributed by atoms with E-state index in [-0.39, 0.29) is 49.9 Å². The van der Waals surface area contributed by atoms with E-state index in [4.69, 9.17) is 28.9 Å². The highest BCUT2D eigenvalue weighted by Crippen LogP contribution is 2.34. The Morgan fingerprint density at radius 3 is 2.10 bits per heavy atom. The fourth-order valence-electron chi connectivity index (χ4n) is 8.24. The first-order valence-electron chi connectivity index (χ1n) is 24.5. The van der Waals surface area contributed by atoms with E-state index in [0.29, 0.717) is 69.8 Å². The van der Waals surface area contributed by atoms with Gasteiger partial charge in [-0.1, -0.05) is 72.2 Å². The van der Waals surface area contributed by atoms with E-state index in [9.17, 15) is 19.2 Å². The van der Waals surface area contributed by atoms with Crippen molar-refractivity contribution in [3.05, 3.63) is 54.0 Å². The molecule has 2 saturated heterocycles. The number of alkyl carbamates (subject to hydrolysis) is 1. The van der Waals surface area contributed by atoms with E-state index in [2.05, 4.69) is 73.8 Å². The molecule has 2 atom stereocenters. The van der Waals surface area contributed by atoms with E-state index < -0.39 is 33.9 Å². The predicted molar refractivity (Wildman–Crippen MR) is 271 cm³/mol. The maximum Gasteiger partial charge on any atom is 0.410 e. The number of rotatable bonds is 21. The Bertz CT molecular complexity index is 2130. The number of amides is 4. The van der Waals surface area contributed by atoms with Gasteiger partial charge in [0.05, 0.1) is 31.6 Å². The van der Waals surface area contributed by atoms with Crippen molar-refractivity contribution in [3.63, 3.8) is 0 Å². The molecule has 378 valence electrons. The number of hydrogen-bond acceptors (Lipinski definition) is 11. The van der Waals surface area contributed by atoms with E-state index in [1.807, 2.05) is 61.8 Å². The summed E-state index contributed by atoms with van der Waals surface area (Å²) in [5.41, 5.74) is 2.59. The summed E-state index contributed by atoms with van der Waals surface area (Å²) < 4.78 is 27.0. The van der Waals surface area contributed by atoms with Crippen LogP contribution in [0.15, 0.2) is 36.7 Å². The summed E-state index contributed by atoms with van der Waals surface area (Å²) in [6.07, 6.45) is 4.88. The lowest BCUT2D eigenvalue weighted by molar-refractivity contribution is -0.135. The Hall–Kier alpha value is -4.73. The van der Waals surface area contributed by atoms with Crippen LogP contribution in [-0.4, -0.2) is 145 Å². The molecule has 2 aliphatic heterocycles. The van der Waals surface area contributed by atoms with Crippen molar-refractivity contribution in [3.8, 4) is 11.3 Å². The van der Waals surface area contributed by atoms with Crippen molar-refractivity contribution in [1.29, 1.82) is 0 Å². The molecule has 19 heteroatoms. The summed E-state index contributed by atoms with van der Waals surface area (Å²) in [4.78, 5) is 71.0. The SMILES string of the molecule is CCCN(Cc1ncc(-c2ccc(N3CCN(C(=O)c4cn(COCC[Si](C)(C)C)c([C@@H]5CCCN5C(=O)OC(C)(C)C)n4)CC3)cc2)n1COCC[Si](C)(C)C)C(=O)[C@@H](NC(=O)OC)C(C)C. The van der Waals surface area contributed by atoms with E-state index in [0.717, 1.165) is 48.3 Å². The molecule has 3 aromatic rings. The molecule has 5 rings (SSSR count). The minimum atomic E-state index is -1.34. The van der Waals surface area contributed by atoms with Crippen molar-refractivity contribution in [1.82, 2.24) is 39.1 Å². The van der Waals surface area contributed by atoms with E-state index in [1.54, 1.807) is 16.0 Å². The fraction of sp³-hybridized carbons (Fsp3) is 0.673. The number of carbonyl (C=O) groups excluding carboxylic acids is 4. The molecule has 0 bridgehead atoms. The van der Waals surface area contributed by atoms with Crippen LogP contribution in [0.4, 0.5) is 15.3 Å². The molecule has 0 aliphatic carbocycles. The van der Waals surface area contributed by atoms with Gasteiger partial charge in [0.15, 0.2) is 0 Å². The zero-order chi connectivity index (χ0) is 50.0. The maximum atomic E-state index is 14.2. The smallest absolute Gasteiger partial charge is 0.410 e. The number of anilines is 1. The van der Waals surface area contributed by atoms with Crippen LogP contribution in [0.25, 0.3) is 11.3 Å². The third-order valence-corrected chi connectivity index (χ3v) is 15.6. The van der Waals surface area contributed by atoms with Gasteiger partial charge in [-0.05, 0) is 75.7 Å². The number of methoxy groups -OCH3 is 1. The summed E-state index contributed by atoms with van der Waals surface area (Å²) in [5, 5.41) is 2.73. The Morgan fingerprint density at radius 2 is 1.53 bits per heavy atom. The highest BCUT2D eigenvalue weighted by Gasteiger charge is 2.37. The number of hydrogen-bond donors (Lipinski definition) is 1. The molecule has 0 unspecified atom stereocenters. The lowest BCUT2D eigenvalue weighted by atomic mass is 10.0. The zero-order valence-electron chi connectivity index (χ0n) is 43.4. The number of nitrogens with zero attached hydrogens (tertiary/aromatic N) is 8. The Labute approximate surface area is 407 Å². The van der Waals surface area contributed by atoms with Gasteiger partial charge in [0.2, 0.25) is 5.91 Å². The second-order valence-electron chi connectivity index (χ2n) is 21.9. The third kappa shape index (κ3) is 15.4. The van der Waals surface area contributed by atoms with Crippen LogP contribution in [0.2, 0.25) is 51.4 Å². The molecule has 0 spiro atoms. The second-order valence-corrected chi connectivity index (χ2v) is 33.2.